The highest BCUT2D eigenvalue weighted by Crippen LogP contribution is 2.44. The molecule has 6 rings (SSSR count). The smallest absolute Gasteiger partial charge is 0.0681 e. The first kappa shape index (κ1) is 22.1. The van der Waals surface area contributed by atoms with Crippen LogP contribution in [0, 0.1) is 0 Å². The fourth-order valence-corrected chi connectivity index (χ4v) is 5.16. The van der Waals surface area contributed by atoms with E-state index in [1.807, 2.05) is 0 Å². The summed E-state index contributed by atoms with van der Waals surface area (Å²) in [4.78, 5) is 7.29. The Morgan fingerprint density at radius 1 is 0.583 bits per heavy atom. The van der Waals surface area contributed by atoms with Gasteiger partial charge in [0.2, 0.25) is 0 Å². The van der Waals surface area contributed by atoms with E-state index in [2.05, 4.69) is 152 Å². The maximum absolute atomic E-state index is 5.02. The molecule has 0 amide bonds. The van der Waals surface area contributed by atoms with Crippen LogP contribution in [-0.2, 0) is 5.41 Å². The first-order chi connectivity index (χ1) is 17.6. The van der Waals surface area contributed by atoms with Crippen LogP contribution < -0.4 is 4.90 Å². The molecule has 36 heavy (non-hydrogen) atoms. The van der Waals surface area contributed by atoms with Crippen molar-refractivity contribution in [3.05, 3.63) is 139 Å². The lowest BCUT2D eigenvalue weighted by Gasteiger charge is -2.25. The lowest BCUT2D eigenvalue weighted by atomic mass is 9.79. The van der Waals surface area contributed by atoms with Crippen molar-refractivity contribution in [3.8, 4) is 0 Å². The number of hydrogen-bond acceptors (Lipinski definition) is 2. The van der Waals surface area contributed by atoms with Crippen molar-refractivity contribution in [1.82, 2.24) is 0 Å². The van der Waals surface area contributed by atoms with Crippen LogP contribution in [0.2, 0.25) is 0 Å². The SMILES string of the molecule is CC1(C)C(/C=C/c2ccc(N(c3ccccc3)c3ccccc3)cc2)=Nc2ccc3ccccc3c21. The molecule has 0 bridgehead atoms. The third-order valence-electron chi connectivity index (χ3n) is 7.03. The van der Waals surface area contributed by atoms with Gasteiger partial charge in [-0.3, -0.25) is 4.99 Å². The molecule has 1 aliphatic heterocycles. The summed E-state index contributed by atoms with van der Waals surface area (Å²) in [6, 6.07) is 42.6. The molecular weight excluding hydrogens is 436 g/mol. The van der Waals surface area contributed by atoms with Gasteiger partial charge in [0, 0.05) is 22.5 Å². The van der Waals surface area contributed by atoms with E-state index in [1.165, 1.54) is 16.3 Å². The van der Waals surface area contributed by atoms with Crippen LogP contribution in [0.1, 0.15) is 25.0 Å². The van der Waals surface area contributed by atoms with Crippen LogP contribution in [0.3, 0.4) is 0 Å². The van der Waals surface area contributed by atoms with Gasteiger partial charge in [0.25, 0.3) is 0 Å². The van der Waals surface area contributed by atoms with Gasteiger partial charge in [0.15, 0.2) is 0 Å². The zero-order valence-corrected chi connectivity index (χ0v) is 20.6. The van der Waals surface area contributed by atoms with Crippen molar-refractivity contribution < 1.29 is 0 Å². The second-order valence-corrected chi connectivity index (χ2v) is 9.73. The van der Waals surface area contributed by atoms with Crippen LogP contribution in [0.15, 0.2) is 132 Å². The number of fused-ring (bicyclic) bond motifs is 3. The van der Waals surface area contributed by atoms with E-state index < -0.39 is 0 Å². The van der Waals surface area contributed by atoms with Gasteiger partial charge in [0.05, 0.1) is 11.4 Å². The molecule has 0 N–H and O–H groups in total. The molecule has 5 aromatic carbocycles. The Morgan fingerprint density at radius 2 is 1.17 bits per heavy atom. The number of hydrogen-bond donors (Lipinski definition) is 0. The fourth-order valence-electron chi connectivity index (χ4n) is 5.16. The van der Waals surface area contributed by atoms with Gasteiger partial charge in [-0.25, -0.2) is 0 Å². The summed E-state index contributed by atoms with van der Waals surface area (Å²) in [6.45, 7) is 4.55. The average molecular weight is 465 g/mol. The predicted molar refractivity (Wildman–Crippen MR) is 154 cm³/mol. The van der Waals surface area contributed by atoms with Crippen molar-refractivity contribution in [2.75, 3.05) is 4.90 Å². The molecule has 2 heteroatoms. The molecule has 2 nitrogen and oxygen atoms in total. The Balaban J connectivity index is 1.30. The number of nitrogens with zero attached hydrogens (tertiary/aromatic N) is 2. The van der Waals surface area contributed by atoms with Crippen molar-refractivity contribution in [2.24, 2.45) is 4.99 Å². The second kappa shape index (κ2) is 8.98. The lowest BCUT2D eigenvalue weighted by Crippen LogP contribution is -2.24. The molecular formula is C34H28N2. The summed E-state index contributed by atoms with van der Waals surface area (Å²) < 4.78 is 0. The van der Waals surface area contributed by atoms with Crippen LogP contribution in [0.5, 0.6) is 0 Å². The van der Waals surface area contributed by atoms with Gasteiger partial charge in [-0.15, -0.1) is 0 Å². The van der Waals surface area contributed by atoms with Gasteiger partial charge < -0.3 is 4.90 Å². The Labute approximate surface area is 212 Å². The average Bonchev–Trinajstić information content (AvgIpc) is 3.19. The minimum atomic E-state index is -0.149. The van der Waals surface area contributed by atoms with E-state index in [1.54, 1.807) is 0 Å². The van der Waals surface area contributed by atoms with Gasteiger partial charge >= 0.3 is 0 Å². The molecule has 0 radical (unpaired) electrons. The molecule has 0 unspecified atom stereocenters. The number of allylic oxidation sites excluding steroid dienone is 1. The molecule has 0 fully saturated rings. The number of benzene rings is 5. The zero-order valence-electron chi connectivity index (χ0n) is 20.6. The van der Waals surface area contributed by atoms with E-state index in [0.29, 0.717) is 0 Å². The molecule has 0 saturated heterocycles. The predicted octanol–water partition coefficient (Wildman–Crippen LogP) is 9.39. The van der Waals surface area contributed by atoms with Crippen molar-refractivity contribution in [1.29, 1.82) is 0 Å². The van der Waals surface area contributed by atoms with Crippen molar-refractivity contribution in [3.63, 3.8) is 0 Å². The van der Waals surface area contributed by atoms with Gasteiger partial charge in [-0.1, -0.05) is 98.8 Å². The van der Waals surface area contributed by atoms with E-state index in [9.17, 15) is 0 Å². The minimum Gasteiger partial charge on any atom is -0.311 e. The Morgan fingerprint density at radius 3 is 1.83 bits per heavy atom. The molecule has 0 atom stereocenters. The Bertz CT molecular complexity index is 1540. The number of aliphatic imine (C=N–C) groups is 1. The summed E-state index contributed by atoms with van der Waals surface area (Å²) in [5.74, 6) is 0. The monoisotopic (exact) mass is 464 g/mol. The number of rotatable bonds is 5. The topological polar surface area (TPSA) is 15.6 Å². The fraction of sp³-hybridized carbons (Fsp3) is 0.0882. The van der Waals surface area contributed by atoms with E-state index in [-0.39, 0.29) is 5.41 Å². The highest BCUT2D eigenvalue weighted by atomic mass is 15.1. The van der Waals surface area contributed by atoms with E-state index in [0.717, 1.165) is 34.0 Å². The second-order valence-electron chi connectivity index (χ2n) is 9.73. The molecule has 0 aliphatic carbocycles. The van der Waals surface area contributed by atoms with Crippen LogP contribution in [-0.4, -0.2) is 5.71 Å². The highest BCUT2D eigenvalue weighted by molar-refractivity contribution is 6.13. The van der Waals surface area contributed by atoms with Crippen LogP contribution in [0.4, 0.5) is 22.7 Å². The summed E-state index contributed by atoms with van der Waals surface area (Å²) in [6.07, 6.45) is 4.35. The van der Waals surface area contributed by atoms with E-state index >= 15 is 0 Å². The first-order valence-corrected chi connectivity index (χ1v) is 12.4. The Hall–Kier alpha value is -4.43. The van der Waals surface area contributed by atoms with Crippen LogP contribution >= 0.6 is 0 Å². The summed E-state index contributed by atoms with van der Waals surface area (Å²) in [5.41, 5.74) is 7.89. The largest absolute Gasteiger partial charge is 0.311 e. The number of anilines is 3. The van der Waals surface area contributed by atoms with Gasteiger partial charge in [-0.05, 0) is 70.4 Å². The molecule has 1 aliphatic rings. The zero-order chi connectivity index (χ0) is 24.5. The third kappa shape index (κ3) is 3.91. The molecule has 0 aromatic heterocycles. The Kier molecular flexibility index (Phi) is 5.50. The van der Waals surface area contributed by atoms with Crippen LogP contribution in [0.25, 0.3) is 16.8 Å². The molecule has 0 spiro atoms. The normalized spacial score (nSPS) is 14.1. The number of para-hydroxylation sites is 2. The lowest BCUT2D eigenvalue weighted by molar-refractivity contribution is 0.747. The van der Waals surface area contributed by atoms with Gasteiger partial charge in [-0.2, -0.15) is 0 Å². The van der Waals surface area contributed by atoms with Gasteiger partial charge in [0.1, 0.15) is 0 Å². The quantitative estimate of drug-likeness (QED) is 0.253. The summed E-state index contributed by atoms with van der Waals surface area (Å²) in [7, 11) is 0. The molecule has 1 heterocycles. The maximum Gasteiger partial charge on any atom is 0.0681 e. The molecule has 174 valence electrons. The first-order valence-electron chi connectivity index (χ1n) is 12.4. The summed E-state index contributed by atoms with van der Waals surface area (Å²) >= 11 is 0. The van der Waals surface area contributed by atoms with E-state index in [4.69, 9.17) is 4.99 Å². The standard InChI is InChI=1S/C34H28N2/c1-34(2)32(35-31-23-20-26-11-9-10-16-30(26)33(31)34)24-19-25-17-21-29(22-18-25)36(27-12-5-3-6-13-27)28-14-7-4-8-15-28/h3-24H,1-2H3/b24-19+. The third-order valence-corrected chi connectivity index (χ3v) is 7.03. The molecule has 5 aromatic rings. The highest BCUT2D eigenvalue weighted by Gasteiger charge is 2.34. The maximum atomic E-state index is 5.02. The van der Waals surface area contributed by atoms with Crippen molar-refractivity contribution >= 4 is 45.3 Å². The van der Waals surface area contributed by atoms with Crippen molar-refractivity contribution in [2.45, 2.75) is 19.3 Å². The molecule has 0 saturated carbocycles. The minimum absolute atomic E-state index is 0.149. The summed E-state index contributed by atoms with van der Waals surface area (Å²) in [5, 5.41) is 2.56.